The molecule has 0 fully saturated rings. The van der Waals surface area contributed by atoms with Crippen molar-refractivity contribution >= 4 is 28.5 Å². The summed E-state index contributed by atoms with van der Waals surface area (Å²) in [6.45, 7) is 0.576. The lowest BCUT2D eigenvalue weighted by Crippen LogP contribution is -2.30. The van der Waals surface area contributed by atoms with Gasteiger partial charge in [-0.05, 0) is 64.6 Å². The smallest absolute Gasteiger partial charge is 0.260 e. The minimum absolute atomic E-state index is 0.0350. The number of methoxy groups -OCH3 is 1. The second-order valence-corrected chi connectivity index (χ2v) is 6.09. The van der Waals surface area contributed by atoms with Crippen LogP contribution in [0.1, 0.15) is 5.56 Å². The third-order valence-corrected chi connectivity index (χ3v) is 3.90. The van der Waals surface area contributed by atoms with E-state index in [0.29, 0.717) is 12.3 Å². The van der Waals surface area contributed by atoms with Crippen LogP contribution in [0, 0.1) is 3.57 Å². The average molecular weight is 411 g/mol. The van der Waals surface area contributed by atoms with Crippen molar-refractivity contribution in [3.63, 3.8) is 0 Å². The number of nitrogens with zero attached hydrogens (tertiary/aromatic N) is 1. The van der Waals surface area contributed by atoms with Gasteiger partial charge >= 0.3 is 0 Å². The van der Waals surface area contributed by atoms with Crippen LogP contribution < -0.4 is 9.47 Å². The van der Waals surface area contributed by atoms with E-state index in [0.717, 1.165) is 14.9 Å². The first-order chi connectivity index (χ1) is 10.6. The molecule has 0 unspecified atom stereocenters. The molecule has 0 bridgehead atoms. The van der Waals surface area contributed by atoms with Crippen LogP contribution in [0.3, 0.4) is 0 Å². The molecule has 0 N–H and O–H groups in total. The molecule has 116 valence electrons. The molecule has 0 aliphatic rings. The van der Waals surface area contributed by atoms with Gasteiger partial charge in [0.05, 0.1) is 7.11 Å². The van der Waals surface area contributed by atoms with Gasteiger partial charge in [-0.15, -0.1) is 0 Å². The number of carbonyl (C=O) groups excluding carboxylic acids is 1. The maximum absolute atomic E-state index is 12.1. The van der Waals surface area contributed by atoms with Crippen molar-refractivity contribution in [2.24, 2.45) is 0 Å². The lowest BCUT2D eigenvalue weighted by atomic mass is 10.2. The van der Waals surface area contributed by atoms with E-state index in [1.54, 1.807) is 19.1 Å². The first-order valence-corrected chi connectivity index (χ1v) is 7.91. The van der Waals surface area contributed by atoms with Gasteiger partial charge in [0, 0.05) is 17.2 Å². The van der Waals surface area contributed by atoms with E-state index < -0.39 is 0 Å². The summed E-state index contributed by atoms with van der Waals surface area (Å²) < 4.78 is 11.8. The number of hydrogen-bond acceptors (Lipinski definition) is 3. The highest BCUT2D eigenvalue weighted by Gasteiger charge is 2.10. The molecule has 2 rings (SSSR count). The predicted molar refractivity (Wildman–Crippen MR) is 94.1 cm³/mol. The molecule has 0 aliphatic carbocycles. The maximum Gasteiger partial charge on any atom is 0.260 e. The molecule has 22 heavy (non-hydrogen) atoms. The number of rotatable bonds is 6. The monoisotopic (exact) mass is 411 g/mol. The van der Waals surface area contributed by atoms with Crippen LogP contribution in [-0.2, 0) is 11.3 Å². The number of benzene rings is 2. The number of halogens is 1. The molecule has 2 aromatic rings. The van der Waals surface area contributed by atoms with E-state index in [4.69, 9.17) is 9.47 Å². The van der Waals surface area contributed by atoms with Crippen molar-refractivity contribution in [2.75, 3.05) is 20.8 Å². The Morgan fingerprint density at radius 2 is 1.64 bits per heavy atom. The molecule has 0 aromatic heterocycles. The number of ether oxygens (including phenoxy) is 2. The Kier molecular flexibility index (Phi) is 6.06. The molecule has 0 aliphatic heterocycles. The summed E-state index contributed by atoms with van der Waals surface area (Å²) in [4.78, 5) is 13.7. The molecule has 0 heterocycles. The fraction of sp³-hybridized carbons (Fsp3) is 0.235. The Balaban J connectivity index is 1.84. The van der Waals surface area contributed by atoms with Crippen LogP contribution >= 0.6 is 22.6 Å². The van der Waals surface area contributed by atoms with Gasteiger partial charge in [0.15, 0.2) is 6.61 Å². The summed E-state index contributed by atoms with van der Waals surface area (Å²) in [6, 6.07) is 15.3. The van der Waals surface area contributed by atoms with E-state index >= 15 is 0 Å². The predicted octanol–water partition coefficient (Wildman–Crippen LogP) is 3.34. The van der Waals surface area contributed by atoms with Crippen molar-refractivity contribution in [2.45, 2.75) is 6.54 Å². The minimum Gasteiger partial charge on any atom is -0.497 e. The zero-order valence-corrected chi connectivity index (χ0v) is 14.7. The number of likely N-dealkylation sites (N-methyl/N-ethyl adjacent to an activating group) is 1. The molecule has 5 heteroatoms. The van der Waals surface area contributed by atoms with E-state index in [9.17, 15) is 4.79 Å². The first kappa shape index (κ1) is 16.6. The van der Waals surface area contributed by atoms with E-state index in [1.807, 2.05) is 48.5 Å². The van der Waals surface area contributed by atoms with Gasteiger partial charge in [-0.2, -0.15) is 0 Å². The van der Waals surface area contributed by atoms with Gasteiger partial charge in [-0.1, -0.05) is 12.1 Å². The summed E-state index contributed by atoms with van der Waals surface area (Å²) >= 11 is 2.23. The Morgan fingerprint density at radius 1 is 1.05 bits per heavy atom. The number of amides is 1. The molecule has 0 atom stereocenters. The van der Waals surface area contributed by atoms with Crippen molar-refractivity contribution in [3.05, 3.63) is 57.7 Å². The lowest BCUT2D eigenvalue weighted by molar-refractivity contribution is -0.132. The Labute approximate surface area is 144 Å². The standard InChI is InChI=1S/C17H18INO3/c1-19(11-13-3-7-15(21-2)8-4-13)17(20)12-22-16-9-5-14(18)6-10-16/h3-10H,11-12H2,1-2H3. The fourth-order valence-corrected chi connectivity index (χ4v) is 2.24. The number of carbonyl (C=O) groups is 1. The zero-order valence-electron chi connectivity index (χ0n) is 12.6. The maximum atomic E-state index is 12.1. The largest absolute Gasteiger partial charge is 0.497 e. The van der Waals surface area contributed by atoms with Crippen LogP contribution in [0.2, 0.25) is 0 Å². The Hall–Kier alpha value is -1.76. The minimum atomic E-state index is -0.0608. The van der Waals surface area contributed by atoms with Crippen LogP contribution in [0.5, 0.6) is 11.5 Å². The summed E-state index contributed by atoms with van der Waals surface area (Å²) in [5.41, 5.74) is 1.05. The van der Waals surface area contributed by atoms with E-state index in [1.165, 1.54) is 0 Å². The first-order valence-electron chi connectivity index (χ1n) is 6.84. The SMILES string of the molecule is COc1ccc(CN(C)C(=O)COc2ccc(I)cc2)cc1. The molecular formula is C17H18INO3. The molecule has 0 saturated heterocycles. The molecule has 0 saturated carbocycles. The normalized spacial score (nSPS) is 10.1. The quantitative estimate of drug-likeness (QED) is 0.685. The van der Waals surface area contributed by atoms with Crippen LogP contribution in [-0.4, -0.2) is 31.6 Å². The van der Waals surface area contributed by atoms with Gasteiger partial charge in [0.1, 0.15) is 11.5 Å². The molecular weight excluding hydrogens is 393 g/mol. The van der Waals surface area contributed by atoms with Crippen LogP contribution in [0.25, 0.3) is 0 Å². The average Bonchev–Trinajstić information content (AvgIpc) is 2.54. The van der Waals surface area contributed by atoms with Gasteiger partial charge < -0.3 is 14.4 Å². The molecule has 1 amide bonds. The van der Waals surface area contributed by atoms with Crippen LogP contribution in [0.4, 0.5) is 0 Å². The molecule has 2 aromatic carbocycles. The van der Waals surface area contributed by atoms with Crippen LogP contribution in [0.15, 0.2) is 48.5 Å². The Morgan fingerprint density at radius 3 is 2.23 bits per heavy atom. The van der Waals surface area contributed by atoms with Crippen molar-refractivity contribution in [1.82, 2.24) is 4.90 Å². The van der Waals surface area contributed by atoms with Crippen molar-refractivity contribution in [3.8, 4) is 11.5 Å². The lowest BCUT2D eigenvalue weighted by Gasteiger charge is -2.17. The zero-order chi connectivity index (χ0) is 15.9. The fourth-order valence-electron chi connectivity index (χ4n) is 1.88. The molecule has 0 radical (unpaired) electrons. The summed E-state index contributed by atoms with van der Waals surface area (Å²) in [7, 11) is 3.40. The number of hydrogen-bond donors (Lipinski definition) is 0. The third kappa shape index (κ3) is 4.91. The third-order valence-electron chi connectivity index (χ3n) is 3.18. The van der Waals surface area contributed by atoms with Gasteiger partial charge in [-0.3, -0.25) is 4.79 Å². The van der Waals surface area contributed by atoms with Gasteiger partial charge in [-0.25, -0.2) is 0 Å². The highest BCUT2D eigenvalue weighted by atomic mass is 127. The van der Waals surface area contributed by atoms with E-state index in [-0.39, 0.29) is 12.5 Å². The highest BCUT2D eigenvalue weighted by Crippen LogP contribution is 2.14. The van der Waals surface area contributed by atoms with Gasteiger partial charge in [0.2, 0.25) is 0 Å². The van der Waals surface area contributed by atoms with Crippen molar-refractivity contribution < 1.29 is 14.3 Å². The molecule has 0 spiro atoms. The second-order valence-electron chi connectivity index (χ2n) is 4.84. The van der Waals surface area contributed by atoms with Crippen molar-refractivity contribution in [1.29, 1.82) is 0 Å². The topological polar surface area (TPSA) is 38.8 Å². The summed E-state index contributed by atoms with van der Waals surface area (Å²) in [6.07, 6.45) is 0. The second kappa shape index (κ2) is 8.03. The van der Waals surface area contributed by atoms with E-state index in [2.05, 4.69) is 22.6 Å². The summed E-state index contributed by atoms with van der Waals surface area (Å²) in [5, 5.41) is 0. The van der Waals surface area contributed by atoms with Gasteiger partial charge in [0.25, 0.3) is 5.91 Å². The summed E-state index contributed by atoms with van der Waals surface area (Å²) in [5.74, 6) is 1.45. The highest BCUT2D eigenvalue weighted by molar-refractivity contribution is 14.1. The Bertz CT molecular complexity index is 611. The molecule has 4 nitrogen and oxygen atoms in total.